The molecule has 1 N–H and O–H groups in total. The van der Waals surface area contributed by atoms with Crippen molar-refractivity contribution in [3.05, 3.63) is 35.9 Å². The lowest BCUT2D eigenvalue weighted by molar-refractivity contribution is 0.123. The van der Waals surface area contributed by atoms with Gasteiger partial charge in [0.15, 0.2) is 0 Å². The number of rotatable bonds is 7. The molecule has 2 nitrogen and oxygen atoms in total. The summed E-state index contributed by atoms with van der Waals surface area (Å²) in [5.41, 5.74) is 1.98. The Hall–Kier alpha value is -0.860. The van der Waals surface area contributed by atoms with E-state index in [1.807, 2.05) is 0 Å². The third-order valence-electron chi connectivity index (χ3n) is 3.82. The van der Waals surface area contributed by atoms with Crippen molar-refractivity contribution in [2.45, 2.75) is 25.7 Å². The first-order chi connectivity index (χ1) is 8.35. The Morgan fingerprint density at radius 1 is 1.24 bits per heavy atom. The molecule has 0 radical (unpaired) electrons. The zero-order valence-electron chi connectivity index (χ0n) is 10.7. The van der Waals surface area contributed by atoms with Crippen LogP contribution in [-0.2, 0) is 11.2 Å². The highest BCUT2D eigenvalue weighted by Crippen LogP contribution is 2.43. The maximum atomic E-state index is 5.06. The molecule has 1 aliphatic carbocycles. The first kappa shape index (κ1) is 12.6. The number of nitrogens with one attached hydrogen (secondary N) is 1. The molecule has 1 saturated carbocycles. The molecule has 94 valence electrons. The van der Waals surface area contributed by atoms with Crippen LogP contribution in [0.4, 0.5) is 0 Å². The van der Waals surface area contributed by atoms with E-state index in [2.05, 4.69) is 35.6 Å². The van der Waals surface area contributed by atoms with Crippen molar-refractivity contribution < 1.29 is 4.74 Å². The van der Waals surface area contributed by atoms with Crippen LogP contribution in [0.5, 0.6) is 0 Å². The van der Waals surface area contributed by atoms with E-state index in [0.717, 1.165) is 19.7 Å². The monoisotopic (exact) mass is 233 g/mol. The average Bonchev–Trinajstić information content (AvgIpc) is 2.32. The first-order valence-electron chi connectivity index (χ1n) is 6.58. The SMILES string of the molecule is COCCNCC1(Cc2ccccc2)CCC1. The van der Waals surface area contributed by atoms with E-state index >= 15 is 0 Å². The predicted octanol–water partition coefficient (Wildman–Crippen LogP) is 2.64. The maximum absolute atomic E-state index is 5.06. The fourth-order valence-corrected chi connectivity index (χ4v) is 2.65. The van der Waals surface area contributed by atoms with Crippen molar-refractivity contribution in [1.29, 1.82) is 0 Å². The van der Waals surface area contributed by atoms with Gasteiger partial charge in [0.1, 0.15) is 0 Å². The lowest BCUT2D eigenvalue weighted by Gasteiger charge is -2.42. The normalized spacial score (nSPS) is 17.7. The number of methoxy groups -OCH3 is 1. The van der Waals surface area contributed by atoms with Crippen LogP contribution in [0.2, 0.25) is 0 Å². The van der Waals surface area contributed by atoms with Crippen molar-refractivity contribution in [2.75, 3.05) is 26.8 Å². The summed E-state index contributed by atoms with van der Waals surface area (Å²) >= 11 is 0. The van der Waals surface area contributed by atoms with Crippen molar-refractivity contribution in [3.8, 4) is 0 Å². The summed E-state index contributed by atoms with van der Waals surface area (Å²) in [5, 5.41) is 3.52. The van der Waals surface area contributed by atoms with E-state index in [4.69, 9.17) is 4.74 Å². The molecule has 0 amide bonds. The smallest absolute Gasteiger partial charge is 0.0587 e. The summed E-state index contributed by atoms with van der Waals surface area (Å²) in [6, 6.07) is 10.9. The van der Waals surface area contributed by atoms with E-state index in [1.54, 1.807) is 7.11 Å². The van der Waals surface area contributed by atoms with Crippen LogP contribution < -0.4 is 5.32 Å². The summed E-state index contributed by atoms with van der Waals surface area (Å²) in [7, 11) is 1.75. The second-order valence-electron chi connectivity index (χ2n) is 5.19. The molecule has 1 aliphatic rings. The highest BCUT2D eigenvalue weighted by Gasteiger charge is 2.36. The molecular formula is C15H23NO. The van der Waals surface area contributed by atoms with Crippen LogP contribution in [0.1, 0.15) is 24.8 Å². The minimum absolute atomic E-state index is 0.509. The van der Waals surface area contributed by atoms with Crippen LogP contribution in [0, 0.1) is 5.41 Å². The topological polar surface area (TPSA) is 21.3 Å². The zero-order valence-corrected chi connectivity index (χ0v) is 10.7. The van der Waals surface area contributed by atoms with Crippen molar-refractivity contribution in [3.63, 3.8) is 0 Å². The molecule has 17 heavy (non-hydrogen) atoms. The van der Waals surface area contributed by atoms with Gasteiger partial charge in [-0.3, -0.25) is 0 Å². The van der Waals surface area contributed by atoms with Gasteiger partial charge in [0.2, 0.25) is 0 Å². The van der Waals surface area contributed by atoms with Gasteiger partial charge in [0, 0.05) is 20.2 Å². The largest absolute Gasteiger partial charge is 0.383 e. The van der Waals surface area contributed by atoms with Crippen molar-refractivity contribution in [2.24, 2.45) is 5.41 Å². The van der Waals surface area contributed by atoms with E-state index < -0.39 is 0 Å². The third-order valence-corrected chi connectivity index (χ3v) is 3.82. The number of benzene rings is 1. The Kier molecular flexibility index (Phi) is 4.57. The standard InChI is InChI=1S/C15H23NO/c1-17-11-10-16-13-15(8-5-9-15)12-14-6-3-2-4-7-14/h2-4,6-7,16H,5,8-13H2,1H3. The van der Waals surface area contributed by atoms with E-state index in [0.29, 0.717) is 5.41 Å². The minimum Gasteiger partial charge on any atom is -0.383 e. The Balaban J connectivity index is 1.82. The molecule has 0 bridgehead atoms. The molecule has 2 rings (SSSR count). The molecule has 1 aromatic rings. The molecule has 0 atom stereocenters. The molecule has 0 spiro atoms. The van der Waals surface area contributed by atoms with Crippen LogP contribution in [0.3, 0.4) is 0 Å². The molecule has 1 fully saturated rings. The van der Waals surface area contributed by atoms with Gasteiger partial charge in [-0.15, -0.1) is 0 Å². The number of ether oxygens (including phenoxy) is 1. The van der Waals surface area contributed by atoms with Gasteiger partial charge in [-0.1, -0.05) is 36.8 Å². The minimum atomic E-state index is 0.509. The number of hydrogen-bond donors (Lipinski definition) is 1. The summed E-state index contributed by atoms with van der Waals surface area (Å²) in [6.45, 7) is 2.90. The molecule has 0 saturated heterocycles. The second-order valence-corrected chi connectivity index (χ2v) is 5.19. The molecule has 2 heteroatoms. The molecular weight excluding hydrogens is 210 g/mol. The Bertz CT molecular complexity index is 319. The van der Waals surface area contributed by atoms with Crippen LogP contribution in [0.25, 0.3) is 0 Å². The van der Waals surface area contributed by atoms with Gasteiger partial charge < -0.3 is 10.1 Å². The molecule has 0 unspecified atom stereocenters. The highest BCUT2D eigenvalue weighted by molar-refractivity contribution is 5.17. The van der Waals surface area contributed by atoms with Gasteiger partial charge in [-0.2, -0.15) is 0 Å². The molecule has 0 aromatic heterocycles. The fraction of sp³-hybridized carbons (Fsp3) is 0.600. The lowest BCUT2D eigenvalue weighted by Crippen LogP contribution is -2.42. The average molecular weight is 233 g/mol. The van der Waals surface area contributed by atoms with Crippen LogP contribution in [0.15, 0.2) is 30.3 Å². The number of hydrogen-bond acceptors (Lipinski definition) is 2. The third kappa shape index (κ3) is 3.55. The van der Waals surface area contributed by atoms with Gasteiger partial charge >= 0.3 is 0 Å². The van der Waals surface area contributed by atoms with Crippen molar-refractivity contribution in [1.82, 2.24) is 5.32 Å². The van der Waals surface area contributed by atoms with Gasteiger partial charge in [0.25, 0.3) is 0 Å². The van der Waals surface area contributed by atoms with Gasteiger partial charge in [-0.05, 0) is 30.2 Å². The summed E-state index contributed by atoms with van der Waals surface area (Å²) in [6.07, 6.45) is 5.33. The maximum Gasteiger partial charge on any atom is 0.0587 e. The van der Waals surface area contributed by atoms with Crippen LogP contribution >= 0.6 is 0 Å². The Morgan fingerprint density at radius 3 is 2.59 bits per heavy atom. The van der Waals surface area contributed by atoms with E-state index in [9.17, 15) is 0 Å². The summed E-state index contributed by atoms with van der Waals surface area (Å²) in [5.74, 6) is 0. The molecule has 0 heterocycles. The first-order valence-corrected chi connectivity index (χ1v) is 6.58. The second kappa shape index (κ2) is 6.18. The molecule has 0 aliphatic heterocycles. The molecule has 1 aromatic carbocycles. The fourth-order valence-electron chi connectivity index (χ4n) is 2.65. The van der Waals surface area contributed by atoms with Gasteiger partial charge in [0.05, 0.1) is 6.61 Å². The highest BCUT2D eigenvalue weighted by atomic mass is 16.5. The Morgan fingerprint density at radius 2 is 2.00 bits per heavy atom. The van der Waals surface area contributed by atoms with Crippen molar-refractivity contribution >= 4 is 0 Å². The van der Waals surface area contributed by atoms with E-state index in [1.165, 1.54) is 31.2 Å². The van der Waals surface area contributed by atoms with E-state index in [-0.39, 0.29) is 0 Å². The zero-order chi connectivity index (χ0) is 12.0. The van der Waals surface area contributed by atoms with Crippen LogP contribution in [-0.4, -0.2) is 26.8 Å². The summed E-state index contributed by atoms with van der Waals surface area (Å²) < 4.78 is 5.06. The quantitative estimate of drug-likeness (QED) is 0.731. The van der Waals surface area contributed by atoms with Gasteiger partial charge in [-0.25, -0.2) is 0 Å². The lowest BCUT2D eigenvalue weighted by atomic mass is 9.65. The predicted molar refractivity (Wildman–Crippen MR) is 71.2 cm³/mol. The Labute approximate surface area is 104 Å². The summed E-state index contributed by atoms with van der Waals surface area (Å²) in [4.78, 5) is 0.